The number of piperidine rings is 1. The molecule has 1 saturated heterocycles. The van der Waals surface area contributed by atoms with Gasteiger partial charge in [-0.2, -0.15) is 5.10 Å². The topological polar surface area (TPSA) is 97.6 Å². The van der Waals surface area contributed by atoms with Crippen molar-refractivity contribution in [1.82, 2.24) is 15.5 Å². The monoisotopic (exact) mass is 330 g/mol. The molecule has 0 saturated carbocycles. The van der Waals surface area contributed by atoms with E-state index in [4.69, 9.17) is 4.42 Å². The Morgan fingerprint density at radius 2 is 2.33 bits per heavy atom. The molecule has 126 valence electrons. The Bertz CT molecular complexity index is 716. The zero-order valence-electron chi connectivity index (χ0n) is 13.3. The number of ether oxygens (including phenoxy) is 1. The molecular formula is C16H18N4O4. The van der Waals surface area contributed by atoms with Crippen LogP contribution in [0, 0.1) is 0 Å². The molecule has 8 heteroatoms. The Kier molecular flexibility index (Phi) is 4.74. The standard InChI is InChI=1S/C16H18N4O4/c1-23-16(22)11-8-13(24-10-11)15(21)18-12-4-3-7-20(9-12)14-5-2-6-17-19-14/h2,5-6,8,10,12H,3-4,7,9H2,1H3,(H,18,21). The van der Waals surface area contributed by atoms with E-state index < -0.39 is 5.97 Å². The Balaban J connectivity index is 1.62. The highest BCUT2D eigenvalue weighted by Crippen LogP contribution is 2.17. The van der Waals surface area contributed by atoms with Gasteiger partial charge in [-0.15, -0.1) is 5.10 Å². The fraction of sp³-hybridized carbons (Fsp3) is 0.375. The van der Waals surface area contributed by atoms with Crippen LogP contribution in [0.15, 0.2) is 35.1 Å². The molecule has 8 nitrogen and oxygen atoms in total. The van der Waals surface area contributed by atoms with Crippen molar-refractivity contribution in [2.45, 2.75) is 18.9 Å². The number of anilines is 1. The van der Waals surface area contributed by atoms with Gasteiger partial charge in [0.05, 0.1) is 12.7 Å². The first-order chi connectivity index (χ1) is 11.7. The van der Waals surface area contributed by atoms with Gasteiger partial charge >= 0.3 is 5.97 Å². The number of furan rings is 1. The molecule has 2 aromatic heterocycles. The van der Waals surface area contributed by atoms with E-state index in [0.717, 1.165) is 25.2 Å². The Morgan fingerprint density at radius 1 is 1.46 bits per heavy atom. The molecule has 1 N–H and O–H groups in total. The number of nitrogens with one attached hydrogen (secondary N) is 1. The smallest absolute Gasteiger partial charge is 0.341 e. The summed E-state index contributed by atoms with van der Waals surface area (Å²) >= 11 is 0. The predicted octanol–water partition coefficient (Wildman–Crippen LogP) is 1.25. The number of aromatic nitrogens is 2. The van der Waals surface area contributed by atoms with E-state index in [1.807, 2.05) is 12.1 Å². The summed E-state index contributed by atoms with van der Waals surface area (Å²) in [5, 5.41) is 10.9. The van der Waals surface area contributed by atoms with Crippen LogP contribution in [0.5, 0.6) is 0 Å². The van der Waals surface area contributed by atoms with Gasteiger partial charge in [0, 0.05) is 31.4 Å². The summed E-state index contributed by atoms with van der Waals surface area (Å²) in [5.41, 5.74) is 0.215. The van der Waals surface area contributed by atoms with Crippen LogP contribution >= 0.6 is 0 Å². The summed E-state index contributed by atoms with van der Waals surface area (Å²) in [6, 6.07) is 5.08. The number of hydrogen-bond acceptors (Lipinski definition) is 7. The number of hydrogen-bond donors (Lipinski definition) is 1. The average molecular weight is 330 g/mol. The maximum Gasteiger partial charge on any atom is 0.341 e. The highest BCUT2D eigenvalue weighted by molar-refractivity contribution is 5.96. The van der Waals surface area contributed by atoms with Crippen molar-refractivity contribution in [2.24, 2.45) is 0 Å². The molecule has 1 unspecified atom stereocenters. The first kappa shape index (κ1) is 16.0. The summed E-state index contributed by atoms with van der Waals surface area (Å²) in [5.74, 6) is -0.00473. The summed E-state index contributed by atoms with van der Waals surface area (Å²) < 4.78 is 9.75. The lowest BCUT2D eigenvalue weighted by Crippen LogP contribution is -2.48. The van der Waals surface area contributed by atoms with Crippen LogP contribution in [-0.4, -0.2) is 48.3 Å². The third-order valence-electron chi connectivity index (χ3n) is 3.88. The quantitative estimate of drug-likeness (QED) is 0.843. The number of carbonyl (C=O) groups is 2. The molecule has 1 aliphatic rings. The number of rotatable bonds is 4. The maximum absolute atomic E-state index is 12.3. The minimum atomic E-state index is -0.538. The van der Waals surface area contributed by atoms with Gasteiger partial charge in [-0.1, -0.05) is 0 Å². The minimum Gasteiger partial charge on any atom is -0.465 e. The van der Waals surface area contributed by atoms with Crippen molar-refractivity contribution in [1.29, 1.82) is 0 Å². The van der Waals surface area contributed by atoms with Gasteiger partial charge in [0.2, 0.25) is 0 Å². The molecule has 0 radical (unpaired) electrons. The van der Waals surface area contributed by atoms with Crippen molar-refractivity contribution in [2.75, 3.05) is 25.1 Å². The maximum atomic E-state index is 12.3. The number of nitrogens with zero attached hydrogens (tertiary/aromatic N) is 3. The summed E-state index contributed by atoms with van der Waals surface area (Å²) in [6.07, 6.45) is 4.65. The second kappa shape index (κ2) is 7.12. The first-order valence-electron chi connectivity index (χ1n) is 7.67. The fourth-order valence-electron chi connectivity index (χ4n) is 2.70. The summed E-state index contributed by atoms with van der Waals surface area (Å²) in [7, 11) is 1.28. The lowest BCUT2D eigenvalue weighted by molar-refractivity contribution is 0.0599. The molecule has 0 bridgehead atoms. The minimum absolute atomic E-state index is 0.0278. The van der Waals surface area contributed by atoms with Crippen molar-refractivity contribution >= 4 is 17.7 Å². The molecule has 0 aliphatic carbocycles. The van der Waals surface area contributed by atoms with Crippen LogP contribution in [0.2, 0.25) is 0 Å². The number of amides is 1. The number of carbonyl (C=O) groups excluding carboxylic acids is 2. The highest BCUT2D eigenvalue weighted by atomic mass is 16.5. The molecule has 1 fully saturated rings. The van der Waals surface area contributed by atoms with E-state index >= 15 is 0 Å². The van der Waals surface area contributed by atoms with E-state index in [-0.39, 0.29) is 23.3 Å². The zero-order valence-corrected chi connectivity index (χ0v) is 13.3. The van der Waals surface area contributed by atoms with Crippen molar-refractivity contribution in [3.8, 4) is 0 Å². The van der Waals surface area contributed by atoms with Gasteiger partial charge in [0.15, 0.2) is 11.6 Å². The Hall–Kier alpha value is -2.90. The van der Waals surface area contributed by atoms with Gasteiger partial charge in [-0.05, 0) is 25.0 Å². The lowest BCUT2D eigenvalue weighted by Gasteiger charge is -2.33. The van der Waals surface area contributed by atoms with Gasteiger partial charge in [-0.3, -0.25) is 4.79 Å². The van der Waals surface area contributed by atoms with E-state index in [1.54, 1.807) is 6.20 Å². The normalized spacial score (nSPS) is 17.4. The van der Waals surface area contributed by atoms with Crippen LogP contribution in [0.4, 0.5) is 5.82 Å². The third-order valence-corrected chi connectivity index (χ3v) is 3.88. The molecule has 2 aromatic rings. The van der Waals surface area contributed by atoms with Gasteiger partial charge in [0.1, 0.15) is 6.26 Å². The molecule has 0 aromatic carbocycles. The first-order valence-corrected chi connectivity index (χ1v) is 7.67. The molecule has 1 aliphatic heterocycles. The van der Waals surface area contributed by atoms with Crippen LogP contribution < -0.4 is 10.2 Å². The largest absolute Gasteiger partial charge is 0.465 e. The average Bonchev–Trinajstić information content (AvgIpc) is 3.12. The van der Waals surface area contributed by atoms with E-state index in [9.17, 15) is 9.59 Å². The van der Waals surface area contributed by atoms with Crippen LogP contribution in [0.1, 0.15) is 33.8 Å². The molecule has 0 spiro atoms. The number of methoxy groups -OCH3 is 1. The van der Waals surface area contributed by atoms with Gasteiger partial charge < -0.3 is 19.4 Å². The second-order valence-electron chi connectivity index (χ2n) is 5.53. The molecule has 1 amide bonds. The van der Waals surface area contributed by atoms with E-state index in [0.29, 0.717) is 6.54 Å². The molecular weight excluding hydrogens is 312 g/mol. The number of esters is 1. The lowest BCUT2D eigenvalue weighted by atomic mass is 10.1. The SMILES string of the molecule is COC(=O)c1coc(C(=O)NC2CCCN(c3cccnn3)C2)c1. The van der Waals surface area contributed by atoms with Crippen molar-refractivity contribution in [3.63, 3.8) is 0 Å². The van der Waals surface area contributed by atoms with Crippen molar-refractivity contribution in [3.05, 3.63) is 42.0 Å². The van der Waals surface area contributed by atoms with Crippen LogP contribution in [-0.2, 0) is 4.74 Å². The summed E-state index contributed by atoms with van der Waals surface area (Å²) in [4.78, 5) is 25.8. The zero-order chi connectivity index (χ0) is 16.9. The molecule has 3 rings (SSSR count). The third kappa shape index (κ3) is 3.53. The van der Waals surface area contributed by atoms with Crippen LogP contribution in [0.3, 0.4) is 0 Å². The van der Waals surface area contributed by atoms with E-state index in [1.165, 1.54) is 19.4 Å². The fourth-order valence-corrected chi connectivity index (χ4v) is 2.70. The Morgan fingerprint density at radius 3 is 3.08 bits per heavy atom. The van der Waals surface area contributed by atoms with Gasteiger partial charge in [-0.25, -0.2) is 4.79 Å². The second-order valence-corrected chi connectivity index (χ2v) is 5.53. The van der Waals surface area contributed by atoms with Crippen LogP contribution in [0.25, 0.3) is 0 Å². The molecule has 24 heavy (non-hydrogen) atoms. The van der Waals surface area contributed by atoms with Gasteiger partial charge in [0.25, 0.3) is 5.91 Å². The highest BCUT2D eigenvalue weighted by Gasteiger charge is 2.24. The van der Waals surface area contributed by atoms with Crippen molar-refractivity contribution < 1.29 is 18.7 Å². The Labute approximate surface area is 138 Å². The van der Waals surface area contributed by atoms with E-state index in [2.05, 4.69) is 25.2 Å². The predicted molar refractivity (Wildman–Crippen MR) is 84.8 cm³/mol. The molecule has 3 heterocycles. The molecule has 1 atom stereocenters. The summed E-state index contributed by atoms with van der Waals surface area (Å²) in [6.45, 7) is 1.52.